The van der Waals surface area contributed by atoms with Crippen LogP contribution in [0.1, 0.15) is 18.4 Å². The fraction of sp³-hybridized carbons (Fsp3) is 0.462. The molecule has 1 N–H and O–H groups in total. The molecule has 0 spiro atoms. The molecule has 1 aliphatic rings. The summed E-state index contributed by atoms with van der Waals surface area (Å²) in [6, 6.07) is 6.10. The third kappa shape index (κ3) is 3.80. The zero-order chi connectivity index (χ0) is 13.0. The second-order valence-corrected chi connectivity index (χ2v) is 6.15. The van der Waals surface area contributed by atoms with Crippen LogP contribution in [-0.4, -0.2) is 30.4 Å². The smallest absolute Gasteiger partial charge is 0.236 e. The lowest BCUT2D eigenvalue weighted by Gasteiger charge is -2.15. The quantitative estimate of drug-likeness (QED) is 0.877. The normalized spacial score (nSPS) is 15.1. The number of carbonyl (C=O) groups excluding carboxylic acids is 1. The molecule has 18 heavy (non-hydrogen) atoms. The maximum Gasteiger partial charge on any atom is 0.236 e. The van der Waals surface area contributed by atoms with E-state index < -0.39 is 0 Å². The molecule has 1 saturated heterocycles. The summed E-state index contributed by atoms with van der Waals surface area (Å²) in [5, 5.41) is 3.20. The molecule has 1 aromatic carbocycles. The molecule has 0 aliphatic carbocycles. The first-order chi connectivity index (χ1) is 8.66. The number of likely N-dealkylation sites (tertiary alicyclic amines) is 1. The minimum absolute atomic E-state index is 0.212. The van der Waals surface area contributed by atoms with Crippen molar-refractivity contribution in [1.29, 1.82) is 0 Å². The molecule has 0 bridgehead atoms. The second kappa shape index (κ2) is 6.68. The SMILES string of the molecule is O=C(CNCc1ccc(Br)c(Br)c1)N1CCCC1. The molecule has 0 atom stereocenters. The number of nitrogens with one attached hydrogen (secondary N) is 1. The van der Waals surface area contributed by atoms with E-state index in [2.05, 4.69) is 43.2 Å². The van der Waals surface area contributed by atoms with Crippen molar-refractivity contribution in [2.75, 3.05) is 19.6 Å². The summed E-state index contributed by atoms with van der Waals surface area (Å²) in [6.07, 6.45) is 2.29. The van der Waals surface area contributed by atoms with Crippen molar-refractivity contribution < 1.29 is 4.79 Å². The first-order valence-corrected chi connectivity index (χ1v) is 7.68. The molecule has 0 unspecified atom stereocenters. The lowest BCUT2D eigenvalue weighted by atomic mass is 10.2. The maximum absolute atomic E-state index is 11.8. The Morgan fingerprint density at radius 2 is 1.94 bits per heavy atom. The van der Waals surface area contributed by atoms with E-state index in [1.165, 1.54) is 5.56 Å². The number of hydrogen-bond acceptors (Lipinski definition) is 2. The van der Waals surface area contributed by atoms with Crippen LogP contribution in [0.15, 0.2) is 27.1 Å². The van der Waals surface area contributed by atoms with Crippen molar-refractivity contribution in [3.63, 3.8) is 0 Å². The van der Waals surface area contributed by atoms with Gasteiger partial charge in [-0.05, 0) is 62.4 Å². The highest BCUT2D eigenvalue weighted by Gasteiger charge is 2.16. The van der Waals surface area contributed by atoms with Crippen molar-refractivity contribution in [1.82, 2.24) is 10.2 Å². The molecule has 1 fully saturated rings. The Bertz CT molecular complexity index is 431. The van der Waals surface area contributed by atoms with Gasteiger partial charge in [0.15, 0.2) is 0 Å². The first-order valence-electron chi connectivity index (χ1n) is 6.09. The lowest BCUT2D eigenvalue weighted by molar-refractivity contribution is -0.129. The van der Waals surface area contributed by atoms with Gasteiger partial charge in [-0.2, -0.15) is 0 Å². The van der Waals surface area contributed by atoms with Crippen molar-refractivity contribution in [2.24, 2.45) is 0 Å². The van der Waals surface area contributed by atoms with Gasteiger partial charge in [-0.1, -0.05) is 6.07 Å². The third-order valence-electron chi connectivity index (χ3n) is 3.05. The molecule has 1 aliphatic heterocycles. The number of hydrogen-bond donors (Lipinski definition) is 1. The van der Waals surface area contributed by atoms with Crippen LogP contribution in [0, 0.1) is 0 Å². The maximum atomic E-state index is 11.8. The van der Waals surface area contributed by atoms with Crippen LogP contribution < -0.4 is 5.32 Å². The van der Waals surface area contributed by atoms with Gasteiger partial charge in [-0.15, -0.1) is 0 Å². The monoisotopic (exact) mass is 374 g/mol. The van der Waals surface area contributed by atoms with Crippen LogP contribution in [0.5, 0.6) is 0 Å². The number of amides is 1. The van der Waals surface area contributed by atoms with Crippen molar-refractivity contribution in [2.45, 2.75) is 19.4 Å². The topological polar surface area (TPSA) is 32.3 Å². The van der Waals surface area contributed by atoms with Gasteiger partial charge in [0.2, 0.25) is 5.91 Å². The molecule has 0 radical (unpaired) electrons. The Kier molecular flexibility index (Phi) is 5.21. The molecule has 3 nitrogen and oxygen atoms in total. The second-order valence-electron chi connectivity index (χ2n) is 4.44. The predicted octanol–water partition coefficient (Wildman–Crippen LogP) is 2.92. The van der Waals surface area contributed by atoms with E-state index in [1.807, 2.05) is 17.0 Å². The molecule has 2 rings (SSSR count). The van der Waals surface area contributed by atoms with Gasteiger partial charge in [-0.3, -0.25) is 4.79 Å². The Balaban J connectivity index is 1.77. The molecule has 98 valence electrons. The molecule has 0 saturated carbocycles. The van der Waals surface area contributed by atoms with Gasteiger partial charge in [0, 0.05) is 28.6 Å². The molecule has 1 aromatic rings. The predicted molar refractivity (Wildman–Crippen MR) is 79.4 cm³/mol. The van der Waals surface area contributed by atoms with E-state index >= 15 is 0 Å². The summed E-state index contributed by atoms with van der Waals surface area (Å²) in [6.45, 7) is 2.98. The van der Waals surface area contributed by atoms with Crippen LogP contribution in [0.3, 0.4) is 0 Å². The van der Waals surface area contributed by atoms with E-state index in [1.54, 1.807) is 0 Å². The summed E-state index contributed by atoms with van der Waals surface area (Å²) in [7, 11) is 0. The van der Waals surface area contributed by atoms with Crippen molar-refractivity contribution in [3.05, 3.63) is 32.7 Å². The highest BCUT2D eigenvalue weighted by molar-refractivity contribution is 9.13. The van der Waals surface area contributed by atoms with Gasteiger partial charge >= 0.3 is 0 Å². The Labute approximate surface area is 124 Å². The molecule has 0 aromatic heterocycles. The minimum Gasteiger partial charge on any atom is -0.342 e. The van der Waals surface area contributed by atoms with Crippen LogP contribution in [0.4, 0.5) is 0 Å². The van der Waals surface area contributed by atoms with Crippen LogP contribution in [0.2, 0.25) is 0 Å². The van der Waals surface area contributed by atoms with Crippen LogP contribution in [0.25, 0.3) is 0 Å². The van der Waals surface area contributed by atoms with Gasteiger partial charge in [0.25, 0.3) is 0 Å². The van der Waals surface area contributed by atoms with Gasteiger partial charge < -0.3 is 10.2 Å². The van der Waals surface area contributed by atoms with E-state index in [0.29, 0.717) is 13.1 Å². The summed E-state index contributed by atoms with van der Waals surface area (Å²) >= 11 is 6.91. The fourth-order valence-corrected chi connectivity index (χ4v) is 2.71. The first kappa shape index (κ1) is 14.0. The standard InChI is InChI=1S/C13H16Br2N2O/c14-11-4-3-10(7-12(11)15)8-16-9-13(18)17-5-1-2-6-17/h3-4,7,16H,1-2,5-6,8-9H2. The van der Waals surface area contributed by atoms with Crippen molar-refractivity contribution >= 4 is 37.8 Å². The number of carbonyl (C=O) groups is 1. The Morgan fingerprint density at radius 1 is 1.22 bits per heavy atom. The van der Waals surface area contributed by atoms with E-state index in [9.17, 15) is 4.79 Å². The summed E-state index contributed by atoms with van der Waals surface area (Å²) in [5.41, 5.74) is 1.17. The fourth-order valence-electron chi connectivity index (χ4n) is 2.04. The number of benzene rings is 1. The largest absolute Gasteiger partial charge is 0.342 e. The average molecular weight is 376 g/mol. The summed E-state index contributed by atoms with van der Waals surface area (Å²) in [5.74, 6) is 0.212. The third-order valence-corrected chi connectivity index (χ3v) is 4.93. The van der Waals surface area contributed by atoms with E-state index in [0.717, 1.165) is 34.9 Å². The summed E-state index contributed by atoms with van der Waals surface area (Å²) < 4.78 is 2.08. The average Bonchev–Trinajstić information content (AvgIpc) is 2.87. The van der Waals surface area contributed by atoms with E-state index in [-0.39, 0.29) is 5.91 Å². The van der Waals surface area contributed by atoms with E-state index in [4.69, 9.17) is 0 Å². The molecular weight excluding hydrogens is 360 g/mol. The number of halogens is 2. The van der Waals surface area contributed by atoms with Gasteiger partial charge in [0.05, 0.1) is 6.54 Å². The van der Waals surface area contributed by atoms with Crippen molar-refractivity contribution in [3.8, 4) is 0 Å². The van der Waals surface area contributed by atoms with Gasteiger partial charge in [0.1, 0.15) is 0 Å². The highest BCUT2D eigenvalue weighted by Crippen LogP contribution is 2.23. The zero-order valence-corrected chi connectivity index (χ0v) is 13.3. The molecule has 1 amide bonds. The molecular formula is C13H16Br2N2O. The molecule has 5 heteroatoms. The number of nitrogens with zero attached hydrogens (tertiary/aromatic N) is 1. The van der Waals surface area contributed by atoms with Gasteiger partial charge in [-0.25, -0.2) is 0 Å². The van der Waals surface area contributed by atoms with Crippen LogP contribution in [-0.2, 0) is 11.3 Å². The molecule has 1 heterocycles. The van der Waals surface area contributed by atoms with Crippen LogP contribution >= 0.6 is 31.9 Å². The minimum atomic E-state index is 0.212. The Hall–Kier alpha value is -0.390. The summed E-state index contributed by atoms with van der Waals surface area (Å²) in [4.78, 5) is 13.7. The Morgan fingerprint density at radius 3 is 2.61 bits per heavy atom. The highest BCUT2D eigenvalue weighted by atomic mass is 79.9. The number of rotatable bonds is 4. The zero-order valence-electron chi connectivity index (χ0n) is 10.1. The lowest BCUT2D eigenvalue weighted by Crippen LogP contribution is -2.35.